The lowest BCUT2D eigenvalue weighted by atomic mass is 9.83. The molecule has 0 saturated carbocycles. The number of rotatable bonds is 4. The summed E-state index contributed by atoms with van der Waals surface area (Å²) in [5, 5.41) is 10.1. The van der Waals surface area contributed by atoms with Crippen LogP contribution in [0.1, 0.15) is 0 Å². The highest BCUT2D eigenvalue weighted by atomic mass is 14.2. The van der Waals surface area contributed by atoms with Gasteiger partial charge in [-0.15, -0.1) is 0 Å². The van der Waals surface area contributed by atoms with E-state index in [4.69, 9.17) is 0 Å². The molecule has 9 aromatic carbocycles. The monoisotopic (exact) mass is 582 g/mol. The van der Waals surface area contributed by atoms with Gasteiger partial charge in [-0.2, -0.15) is 0 Å². The third-order valence-electron chi connectivity index (χ3n) is 9.45. The van der Waals surface area contributed by atoms with Gasteiger partial charge in [-0.05, 0) is 93.7 Å². The lowest BCUT2D eigenvalue weighted by Crippen LogP contribution is -1.93. The highest BCUT2D eigenvalue weighted by molar-refractivity contribution is 6.24. The third kappa shape index (κ3) is 4.23. The quantitative estimate of drug-likeness (QED) is 0.181. The fraction of sp³-hybridized carbons (Fsp3) is 0. The Hall–Kier alpha value is -5.98. The van der Waals surface area contributed by atoms with E-state index < -0.39 is 0 Å². The number of benzene rings is 9. The fourth-order valence-corrected chi connectivity index (χ4v) is 7.44. The van der Waals surface area contributed by atoms with Gasteiger partial charge in [0.15, 0.2) is 0 Å². The number of hydrogen-bond donors (Lipinski definition) is 0. The molecule has 0 aliphatic carbocycles. The SMILES string of the molecule is c1ccc(-c2c3ccccc3c(-c3cccc4ccccc34)c3cc(-c4cccc5cccc(-c6ccccc6)c45)ccc23)cc1. The maximum atomic E-state index is 2.45. The molecule has 0 unspecified atom stereocenters. The standard InChI is InChI=1S/C46H30/c1-3-14-32(15-4-1)37-25-12-20-34-21-13-26-38(44(34)37)35-28-29-42-43(30-35)46(39-27-11-19-31-16-7-8-22-36(31)39)41-24-10-9-23-40(41)45(42)33-17-5-2-6-18-33/h1-30H. The van der Waals surface area contributed by atoms with Gasteiger partial charge in [-0.25, -0.2) is 0 Å². The van der Waals surface area contributed by atoms with Crippen molar-refractivity contribution in [1.82, 2.24) is 0 Å². The molecule has 0 saturated heterocycles. The van der Waals surface area contributed by atoms with Crippen molar-refractivity contribution in [3.63, 3.8) is 0 Å². The van der Waals surface area contributed by atoms with E-state index in [0.29, 0.717) is 0 Å². The van der Waals surface area contributed by atoms with E-state index >= 15 is 0 Å². The molecule has 0 nitrogen and oxygen atoms in total. The van der Waals surface area contributed by atoms with Crippen LogP contribution in [0.3, 0.4) is 0 Å². The normalized spacial score (nSPS) is 11.5. The molecule has 0 radical (unpaired) electrons. The smallest absolute Gasteiger partial charge is 0.00199 e. The first-order valence-corrected chi connectivity index (χ1v) is 15.9. The molecule has 46 heavy (non-hydrogen) atoms. The maximum absolute atomic E-state index is 2.45. The van der Waals surface area contributed by atoms with Gasteiger partial charge in [0.25, 0.3) is 0 Å². The third-order valence-corrected chi connectivity index (χ3v) is 9.45. The summed E-state index contributed by atoms with van der Waals surface area (Å²) < 4.78 is 0. The summed E-state index contributed by atoms with van der Waals surface area (Å²) in [5.41, 5.74) is 10.0. The Balaban J connectivity index is 1.43. The van der Waals surface area contributed by atoms with E-state index in [-0.39, 0.29) is 0 Å². The molecule has 0 N–H and O–H groups in total. The lowest BCUT2D eigenvalue weighted by Gasteiger charge is -2.20. The molecule has 0 bridgehead atoms. The molecule has 9 rings (SSSR count). The van der Waals surface area contributed by atoms with E-state index in [9.17, 15) is 0 Å². The maximum Gasteiger partial charge on any atom is -0.00199 e. The average molecular weight is 583 g/mol. The fourth-order valence-electron chi connectivity index (χ4n) is 7.44. The van der Waals surface area contributed by atoms with E-state index in [1.165, 1.54) is 87.6 Å². The van der Waals surface area contributed by atoms with E-state index in [1.54, 1.807) is 0 Å². The predicted molar refractivity (Wildman–Crippen MR) is 198 cm³/mol. The Morgan fingerprint density at radius 3 is 1.46 bits per heavy atom. The molecule has 0 heteroatoms. The Kier molecular flexibility index (Phi) is 6.25. The average Bonchev–Trinajstić information content (AvgIpc) is 3.13. The Bertz CT molecular complexity index is 2550. The van der Waals surface area contributed by atoms with Gasteiger partial charge in [-0.3, -0.25) is 0 Å². The van der Waals surface area contributed by atoms with Crippen LogP contribution in [0.4, 0.5) is 0 Å². The van der Waals surface area contributed by atoms with Crippen molar-refractivity contribution in [2.75, 3.05) is 0 Å². The second-order valence-corrected chi connectivity index (χ2v) is 12.0. The van der Waals surface area contributed by atoms with Crippen LogP contribution in [0.15, 0.2) is 182 Å². The van der Waals surface area contributed by atoms with Gasteiger partial charge in [0.2, 0.25) is 0 Å². The first kappa shape index (κ1) is 26.4. The van der Waals surface area contributed by atoms with Crippen molar-refractivity contribution in [3.8, 4) is 44.5 Å². The zero-order chi connectivity index (χ0) is 30.5. The van der Waals surface area contributed by atoms with E-state index in [0.717, 1.165) is 0 Å². The molecule has 0 amide bonds. The summed E-state index contributed by atoms with van der Waals surface area (Å²) >= 11 is 0. The van der Waals surface area contributed by atoms with Crippen LogP contribution in [0.25, 0.3) is 87.6 Å². The van der Waals surface area contributed by atoms with E-state index in [1.807, 2.05) is 0 Å². The van der Waals surface area contributed by atoms with Crippen molar-refractivity contribution < 1.29 is 0 Å². The van der Waals surface area contributed by atoms with Gasteiger partial charge >= 0.3 is 0 Å². The summed E-state index contributed by atoms with van der Waals surface area (Å²) in [7, 11) is 0. The molecule has 0 fully saturated rings. The van der Waals surface area contributed by atoms with Crippen LogP contribution in [0, 0.1) is 0 Å². The Labute approximate surface area is 268 Å². The van der Waals surface area contributed by atoms with Crippen molar-refractivity contribution in [2.24, 2.45) is 0 Å². The first-order chi connectivity index (χ1) is 22.8. The zero-order valence-corrected chi connectivity index (χ0v) is 25.3. The summed E-state index contributed by atoms with van der Waals surface area (Å²) in [4.78, 5) is 0. The minimum atomic E-state index is 1.22. The van der Waals surface area contributed by atoms with Gasteiger partial charge in [0, 0.05) is 0 Å². The van der Waals surface area contributed by atoms with Crippen LogP contribution in [-0.4, -0.2) is 0 Å². The highest BCUT2D eigenvalue weighted by Crippen LogP contribution is 2.47. The van der Waals surface area contributed by atoms with Crippen molar-refractivity contribution >= 4 is 43.1 Å². The Morgan fingerprint density at radius 1 is 0.239 bits per heavy atom. The second-order valence-electron chi connectivity index (χ2n) is 12.0. The lowest BCUT2D eigenvalue weighted by molar-refractivity contribution is 1.63. The zero-order valence-electron chi connectivity index (χ0n) is 25.3. The molecule has 0 aliphatic rings. The second kappa shape index (κ2) is 10.9. The number of hydrogen-bond acceptors (Lipinski definition) is 0. The molecule has 0 spiro atoms. The van der Waals surface area contributed by atoms with Gasteiger partial charge < -0.3 is 0 Å². The Morgan fingerprint density at radius 2 is 0.739 bits per heavy atom. The van der Waals surface area contributed by atoms with Crippen molar-refractivity contribution in [3.05, 3.63) is 182 Å². The largest absolute Gasteiger partial charge is 0.0622 e. The number of fused-ring (bicyclic) bond motifs is 4. The highest BCUT2D eigenvalue weighted by Gasteiger charge is 2.19. The van der Waals surface area contributed by atoms with Crippen LogP contribution in [0.2, 0.25) is 0 Å². The van der Waals surface area contributed by atoms with Crippen LogP contribution < -0.4 is 0 Å². The van der Waals surface area contributed by atoms with Crippen LogP contribution in [-0.2, 0) is 0 Å². The molecular formula is C46H30. The minimum Gasteiger partial charge on any atom is -0.0622 e. The van der Waals surface area contributed by atoms with Gasteiger partial charge in [-0.1, -0.05) is 176 Å². The van der Waals surface area contributed by atoms with Gasteiger partial charge in [0.05, 0.1) is 0 Å². The molecule has 9 aromatic rings. The minimum absolute atomic E-state index is 1.22. The van der Waals surface area contributed by atoms with Crippen molar-refractivity contribution in [2.45, 2.75) is 0 Å². The molecule has 0 atom stereocenters. The molecule has 0 heterocycles. The first-order valence-electron chi connectivity index (χ1n) is 15.9. The molecule has 214 valence electrons. The summed E-state index contributed by atoms with van der Waals surface area (Å²) in [6, 6.07) is 66.5. The topological polar surface area (TPSA) is 0 Å². The summed E-state index contributed by atoms with van der Waals surface area (Å²) in [6.45, 7) is 0. The van der Waals surface area contributed by atoms with E-state index in [2.05, 4.69) is 182 Å². The molecule has 0 aliphatic heterocycles. The summed E-state index contributed by atoms with van der Waals surface area (Å²) in [6.07, 6.45) is 0. The predicted octanol–water partition coefficient (Wildman–Crippen LogP) is 13.0. The summed E-state index contributed by atoms with van der Waals surface area (Å²) in [5.74, 6) is 0. The van der Waals surface area contributed by atoms with Crippen molar-refractivity contribution in [1.29, 1.82) is 0 Å². The molecule has 0 aromatic heterocycles. The van der Waals surface area contributed by atoms with Gasteiger partial charge in [0.1, 0.15) is 0 Å². The molecular weight excluding hydrogens is 553 g/mol. The van der Waals surface area contributed by atoms with Crippen LogP contribution >= 0.6 is 0 Å². The van der Waals surface area contributed by atoms with Crippen LogP contribution in [0.5, 0.6) is 0 Å².